The van der Waals surface area contributed by atoms with Crippen LogP contribution >= 0.6 is 11.3 Å². The van der Waals surface area contributed by atoms with Crippen molar-refractivity contribution in [2.75, 3.05) is 23.3 Å². The molecule has 1 unspecified atom stereocenters. The minimum atomic E-state index is -4.82. The van der Waals surface area contributed by atoms with Gasteiger partial charge in [0.05, 0.1) is 21.7 Å². The fourth-order valence-corrected chi connectivity index (χ4v) is 4.68. The minimum Gasteiger partial charge on any atom is -0.347 e. The summed E-state index contributed by atoms with van der Waals surface area (Å²) in [4.78, 5) is 19.4. The molecule has 0 spiro atoms. The average molecular weight is 437 g/mol. The molecule has 1 atom stereocenters. The highest BCUT2D eigenvalue weighted by Gasteiger charge is 2.34. The van der Waals surface area contributed by atoms with Gasteiger partial charge in [-0.2, -0.15) is 13.2 Å². The lowest BCUT2D eigenvalue weighted by Crippen LogP contribution is -2.40. The number of benzene rings is 2. The standard InChI is InChI=1S/C21H19F4N3OS/c1-12-4-7-17-18(9-12)30-20(27-17)28-8-2-3-13(11-28)19(29)26-14-5-6-16(22)15(10-14)21(23,24)25/h4-7,9-10,13H,2-3,8,11H2,1H3,(H,26,29). The van der Waals surface area contributed by atoms with E-state index in [0.717, 1.165) is 39.9 Å². The third kappa shape index (κ3) is 4.26. The Labute approximate surface area is 174 Å². The van der Waals surface area contributed by atoms with Gasteiger partial charge in [-0.15, -0.1) is 0 Å². The number of amides is 1. The van der Waals surface area contributed by atoms with E-state index in [4.69, 9.17) is 0 Å². The number of carbonyl (C=O) groups excluding carboxylic acids is 1. The van der Waals surface area contributed by atoms with Crippen LogP contribution in [0.4, 0.5) is 28.4 Å². The SMILES string of the molecule is Cc1ccc2nc(N3CCCC(C(=O)Nc4ccc(F)c(C(F)(F)F)c4)C3)sc2c1. The van der Waals surface area contributed by atoms with Crippen molar-refractivity contribution in [3.05, 3.63) is 53.3 Å². The van der Waals surface area contributed by atoms with Crippen molar-refractivity contribution in [2.24, 2.45) is 5.92 Å². The predicted octanol–water partition coefficient (Wildman–Crippen LogP) is 5.62. The lowest BCUT2D eigenvalue weighted by atomic mass is 9.97. The molecule has 1 N–H and O–H groups in total. The maximum atomic E-state index is 13.5. The molecule has 0 radical (unpaired) electrons. The van der Waals surface area contributed by atoms with E-state index in [1.54, 1.807) is 11.3 Å². The first-order chi connectivity index (χ1) is 14.2. The summed E-state index contributed by atoms with van der Waals surface area (Å²) < 4.78 is 53.3. The van der Waals surface area contributed by atoms with E-state index in [1.807, 2.05) is 24.0 Å². The monoisotopic (exact) mass is 437 g/mol. The van der Waals surface area contributed by atoms with E-state index in [2.05, 4.69) is 16.4 Å². The Balaban J connectivity index is 1.48. The summed E-state index contributed by atoms with van der Waals surface area (Å²) in [5.74, 6) is -2.14. The third-order valence-corrected chi connectivity index (χ3v) is 6.21. The van der Waals surface area contributed by atoms with E-state index in [1.165, 1.54) is 0 Å². The van der Waals surface area contributed by atoms with Crippen LogP contribution in [0.2, 0.25) is 0 Å². The van der Waals surface area contributed by atoms with Crippen molar-refractivity contribution in [3.63, 3.8) is 0 Å². The number of aryl methyl sites for hydroxylation is 1. The topological polar surface area (TPSA) is 45.2 Å². The second-order valence-electron chi connectivity index (χ2n) is 7.43. The Morgan fingerprint density at radius 1 is 1.23 bits per heavy atom. The molecule has 1 fully saturated rings. The van der Waals surface area contributed by atoms with E-state index >= 15 is 0 Å². The zero-order valence-corrected chi connectivity index (χ0v) is 16.9. The fourth-order valence-electron chi connectivity index (χ4n) is 3.58. The Morgan fingerprint density at radius 3 is 2.80 bits per heavy atom. The zero-order chi connectivity index (χ0) is 21.5. The summed E-state index contributed by atoms with van der Waals surface area (Å²) in [6.45, 7) is 3.20. The maximum Gasteiger partial charge on any atom is 0.419 e. The number of piperidine rings is 1. The molecule has 1 aromatic heterocycles. The third-order valence-electron chi connectivity index (χ3n) is 5.13. The highest BCUT2D eigenvalue weighted by Crippen LogP contribution is 2.34. The van der Waals surface area contributed by atoms with Gasteiger partial charge in [0.1, 0.15) is 5.82 Å². The number of nitrogens with zero attached hydrogens (tertiary/aromatic N) is 2. The van der Waals surface area contributed by atoms with Crippen molar-refractivity contribution in [2.45, 2.75) is 25.9 Å². The smallest absolute Gasteiger partial charge is 0.347 e. The van der Waals surface area contributed by atoms with E-state index in [9.17, 15) is 22.4 Å². The molecule has 1 aliphatic rings. The average Bonchev–Trinajstić information content (AvgIpc) is 3.12. The number of nitrogens with one attached hydrogen (secondary N) is 1. The second kappa shape index (κ2) is 7.86. The molecular formula is C21H19F4N3OS. The van der Waals surface area contributed by atoms with Gasteiger partial charge < -0.3 is 10.2 Å². The molecule has 4 nitrogen and oxygen atoms in total. The first-order valence-electron chi connectivity index (χ1n) is 9.50. The zero-order valence-electron chi connectivity index (χ0n) is 16.1. The summed E-state index contributed by atoms with van der Waals surface area (Å²) in [5, 5.41) is 3.34. The van der Waals surface area contributed by atoms with E-state index < -0.39 is 23.5 Å². The van der Waals surface area contributed by atoms with Gasteiger partial charge in [0.25, 0.3) is 0 Å². The highest BCUT2D eigenvalue weighted by molar-refractivity contribution is 7.22. The lowest BCUT2D eigenvalue weighted by molar-refractivity contribution is -0.140. The van der Waals surface area contributed by atoms with Crippen LogP contribution in [0.25, 0.3) is 10.2 Å². The van der Waals surface area contributed by atoms with Crippen molar-refractivity contribution < 1.29 is 22.4 Å². The number of anilines is 2. The number of aromatic nitrogens is 1. The molecule has 4 rings (SSSR count). The Bertz CT molecular complexity index is 1100. The van der Waals surface area contributed by atoms with Crippen molar-refractivity contribution >= 4 is 38.3 Å². The van der Waals surface area contributed by atoms with Gasteiger partial charge in [-0.1, -0.05) is 17.4 Å². The normalized spacial score (nSPS) is 17.4. The Kier molecular flexibility index (Phi) is 5.40. The van der Waals surface area contributed by atoms with Crippen LogP contribution in [0.5, 0.6) is 0 Å². The molecule has 0 aliphatic carbocycles. The fraction of sp³-hybridized carbons (Fsp3) is 0.333. The lowest BCUT2D eigenvalue weighted by Gasteiger charge is -2.31. The number of hydrogen-bond acceptors (Lipinski definition) is 4. The Hall–Kier alpha value is -2.68. The Morgan fingerprint density at radius 2 is 2.03 bits per heavy atom. The van der Waals surface area contributed by atoms with Crippen LogP contribution in [0.15, 0.2) is 36.4 Å². The summed E-state index contributed by atoms with van der Waals surface area (Å²) in [5.41, 5.74) is 0.584. The van der Waals surface area contributed by atoms with Gasteiger partial charge >= 0.3 is 6.18 Å². The molecule has 0 saturated carbocycles. The van der Waals surface area contributed by atoms with Crippen LogP contribution in [0, 0.1) is 18.7 Å². The van der Waals surface area contributed by atoms with Crippen molar-refractivity contribution in [3.8, 4) is 0 Å². The first kappa shape index (κ1) is 20.6. The summed E-state index contributed by atoms with van der Waals surface area (Å²) >= 11 is 1.56. The molecule has 30 heavy (non-hydrogen) atoms. The number of alkyl halides is 3. The number of halogens is 4. The largest absolute Gasteiger partial charge is 0.419 e. The molecule has 0 bridgehead atoms. The second-order valence-corrected chi connectivity index (χ2v) is 8.44. The van der Waals surface area contributed by atoms with Crippen molar-refractivity contribution in [1.29, 1.82) is 0 Å². The summed E-state index contributed by atoms with van der Waals surface area (Å²) in [6, 6.07) is 8.51. The van der Waals surface area contributed by atoms with Crippen LogP contribution in [-0.2, 0) is 11.0 Å². The van der Waals surface area contributed by atoms with Crippen molar-refractivity contribution in [1.82, 2.24) is 4.98 Å². The number of hydrogen-bond donors (Lipinski definition) is 1. The predicted molar refractivity (Wildman–Crippen MR) is 109 cm³/mol. The molecule has 1 saturated heterocycles. The van der Waals surface area contributed by atoms with Crippen LogP contribution < -0.4 is 10.2 Å². The van der Waals surface area contributed by atoms with Gasteiger partial charge in [-0.05, 0) is 55.7 Å². The van der Waals surface area contributed by atoms with Gasteiger partial charge in [0.15, 0.2) is 5.13 Å². The first-order valence-corrected chi connectivity index (χ1v) is 10.3. The number of fused-ring (bicyclic) bond motifs is 1. The van der Waals surface area contributed by atoms with Crippen LogP contribution in [0.3, 0.4) is 0 Å². The summed E-state index contributed by atoms with van der Waals surface area (Å²) in [6.07, 6.45) is -3.43. The molecule has 3 aromatic rings. The molecule has 2 heterocycles. The van der Waals surface area contributed by atoms with E-state index in [0.29, 0.717) is 25.1 Å². The summed E-state index contributed by atoms with van der Waals surface area (Å²) in [7, 11) is 0. The van der Waals surface area contributed by atoms with E-state index in [-0.39, 0.29) is 11.6 Å². The molecule has 9 heteroatoms. The molecule has 158 valence electrons. The van der Waals surface area contributed by atoms with Gasteiger partial charge in [-0.3, -0.25) is 4.79 Å². The number of rotatable bonds is 3. The van der Waals surface area contributed by atoms with Gasteiger partial charge in [0.2, 0.25) is 5.91 Å². The van der Waals surface area contributed by atoms with Crippen LogP contribution in [0.1, 0.15) is 24.0 Å². The number of carbonyl (C=O) groups is 1. The van der Waals surface area contributed by atoms with Gasteiger partial charge in [-0.25, -0.2) is 9.37 Å². The quantitative estimate of drug-likeness (QED) is 0.541. The molecular weight excluding hydrogens is 418 g/mol. The highest BCUT2D eigenvalue weighted by atomic mass is 32.1. The van der Waals surface area contributed by atoms with Gasteiger partial charge in [0, 0.05) is 18.8 Å². The molecule has 1 amide bonds. The maximum absolute atomic E-state index is 13.5. The number of thiazole rings is 1. The minimum absolute atomic E-state index is 0.0682. The molecule has 1 aliphatic heterocycles. The van der Waals surface area contributed by atoms with Crippen LogP contribution in [-0.4, -0.2) is 24.0 Å². The molecule has 2 aromatic carbocycles.